The summed E-state index contributed by atoms with van der Waals surface area (Å²) in [6, 6.07) is 6.27. The van der Waals surface area contributed by atoms with Crippen molar-refractivity contribution in [3.8, 4) is 0 Å². The van der Waals surface area contributed by atoms with Gasteiger partial charge >= 0.3 is 5.97 Å². The Hall–Kier alpha value is -2.08. The van der Waals surface area contributed by atoms with E-state index in [1.807, 2.05) is 0 Å². The molecular formula is C11H13N3O4. The molecular weight excluding hydrogens is 238 g/mol. The minimum absolute atomic E-state index is 0.205. The molecule has 0 aromatic heterocycles. The molecule has 7 heteroatoms. The first-order valence-electron chi connectivity index (χ1n) is 5.17. The lowest BCUT2D eigenvalue weighted by atomic mass is 10.0. The van der Waals surface area contributed by atoms with Crippen molar-refractivity contribution in [3.63, 3.8) is 0 Å². The number of nitrogens with zero attached hydrogens (tertiary/aromatic N) is 3. The highest BCUT2D eigenvalue weighted by Crippen LogP contribution is 2.28. The molecule has 0 amide bonds. The zero-order valence-electron chi connectivity index (χ0n) is 9.72. The van der Waals surface area contributed by atoms with E-state index in [4.69, 9.17) is 5.53 Å². The first-order valence-corrected chi connectivity index (χ1v) is 5.17. The van der Waals surface area contributed by atoms with Gasteiger partial charge in [0.05, 0.1) is 19.6 Å². The van der Waals surface area contributed by atoms with Crippen molar-refractivity contribution >= 4 is 11.7 Å². The van der Waals surface area contributed by atoms with Gasteiger partial charge in [-0.2, -0.15) is 0 Å². The van der Waals surface area contributed by atoms with Gasteiger partial charge in [0.15, 0.2) is 0 Å². The summed E-state index contributed by atoms with van der Waals surface area (Å²) < 4.78 is 4.39. The third-order valence-electron chi connectivity index (χ3n) is 2.38. The van der Waals surface area contributed by atoms with Gasteiger partial charge in [0, 0.05) is 10.6 Å². The van der Waals surface area contributed by atoms with Crippen LogP contribution in [-0.4, -0.2) is 29.4 Å². The smallest absolute Gasteiger partial charge is 0.308 e. The van der Waals surface area contributed by atoms with Gasteiger partial charge in [0.2, 0.25) is 0 Å². The van der Waals surface area contributed by atoms with Gasteiger partial charge in [-0.05, 0) is 11.1 Å². The average molecular weight is 251 g/mol. The van der Waals surface area contributed by atoms with Gasteiger partial charge in [-0.25, -0.2) is 0 Å². The van der Waals surface area contributed by atoms with E-state index in [1.165, 1.54) is 19.2 Å². The zero-order chi connectivity index (χ0) is 13.5. The summed E-state index contributed by atoms with van der Waals surface area (Å²) in [6.07, 6.45) is -3.00. The molecule has 0 saturated carbocycles. The van der Waals surface area contributed by atoms with Gasteiger partial charge in [-0.15, -0.1) is 0 Å². The Labute approximate surface area is 103 Å². The first kappa shape index (κ1) is 14.0. The molecule has 0 bridgehead atoms. The number of aliphatic hydroxyl groups is 2. The highest BCUT2D eigenvalue weighted by atomic mass is 16.5. The highest BCUT2D eigenvalue weighted by Gasteiger charge is 2.23. The summed E-state index contributed by atoms with van der Waals surface area (Å²) in [5.74, 6) is -0.636. The van der Waals surface area contributed by atoms with Crippen molar-refractivity contribution in [2.24, 2.45) is 5.11 Å². The number of carbonyl (C=O) groups excluding carboxylic acids is 1. The van der Waals surface area contributed by atoms with E-state index in [2.05, 4.69) is 14.8 Å². The van der Waals surface area contributed by atoms with Crippen LogP contribution in [0.4, 0.5) is 5.69 Å². The minimum Gasteiger partial charge on any atom is -0.469 e. The Balaban J connectivity index is 2.92. The molecule has 2 unspecified atom stereocenters. The molecule has 0 fully saturated rings. The molecule has 0 saturated heterocycles. The summed E-state index contributed by atoms with van der Waals surface area (Å²) in [7, 11) is 1.19. The number of hydrogen-bond donors (Lipinski definition) is 2. The summed E-state index contributed by atoms with van der Waals surface area (Å²) in [6.45, 7) is 0. The number of rotatable bonds is 5. The third-order valence-corrected chi connectivity index (χ3v) is 2.38. The van der Waals surface area contributed by atoms with Crippen LogP contribution in [0.1, 0.15) is 18.1 Å². The fraction of sp³-hybridized carbons (Fsp3) is 0.364. The predicted octanol–water partition coefficient (Wildman–Crippen LogP) is 1.59. The molecule has 2 atom stereocenters. The molecule has 1 rings (SSSR count). The number of hydrogen-bond acceptors (Lipinski definition) is 5. The number of methoxy groups -OCH3 is 1. The number of benzene rings is 1. The zero-order valence-corrected chi connectivity index (χ0v) is 9.72. The van der Waals surface area contributed by atoms with Gasteiger partial charge in [-0.1, -0.05) is 29.4 Å². The van der Waals surface area contributed by atoms with Crippen molar-refractivity contribution in [2.75, 3.05) is 7.11 Å². The average Bonchev–Trinajstić information content (AvgIpc) is 2.38. The normalized spacial score (nSPS) is 13.3. The molecule has 0 aliphatic carbocycles. The van der Waals surface area contributed by atoms with E-state index >= 15 is 0 Å². The largest absolute Gasteiger partial charge is 0.469 e. The second-order valence-corrected chi connectivity index (χ2v) is 3.54. The van der Waals surface area contributed by atoms with Gasteiger partial charge in [-0.3, -0.25) is 4.79 Å². The van der Waals surface area contributed by atoms with Crippen LogP contribution < -0.4 is 0 Å². The maximum atomic E-state index is 11.0. The van der Waals surface area contributed by atoms with Crippen LogP contribution in [0.3, 0.4) is 0 Å². The molecule has 96 valence electrons. The number of azide groups is 1. The molecule has 0 radical (unpaired) electrons. The molecule has 2 N–H and O–H groups in total. The minimum atomic E-state index is -1.33. The molecule has 1 aromatic rings. The van der Waals surface area contributed by atoms with Gasteiger partial charge in [0.25, 0.3) is 0 Å². The SMILES string of the molecule is COC(=O)CC(O)C(O)c1ccccc1N=[N+]=[N-]. The quantitative estimate of drug-likeness (QED) is 0.357. The van der Waals surface area contributed by atoms with Crippen LogP contribution in [0.2, 0.25) is 0 Å². The van der Waals surface area contributed by atoms with Crippen LogP contribution >= 0.6 is 0 Å². The summed E-state index contributed by atoms with van der Waals surface area (Å²) in [5, 5.41) is 23.0. The summed E-state index contributed by atoms with van der Waals surface area (Å²) in [4.78, 5) is 13.6. The number of carbonyl (C=O) groups is 1. The second kappa shape index (κ2) is 6.61. The fourth-order valence-corrected chi connectivity index (χ4v) is 1.45. The van der Waals surface area contributed by atoms with Gasteiger partial charge in [0.1, 0.15) is 6.10 Å². The topological polar surface area (TPSA) is 116 Å². The maximum Gasteiger partial charge on any atom is 0.308 e. The van der Waals surface area contributed by atoms with Gasteiger partial charge < -0.3 is 14.9 Å². The Bertz CT molecular complexity index is 471. The van der Waals surface area contributed by atoms with Crippen LogP contribution in [-0.2, 0) is 9.53 Å². The van der Waals surface area contributed by atoms with Crippen molar-refractivity contribution < 1.29 is 19.7 Å². The van der Waals surface area contributed by atoms with Crippen LogP contribution in [0.5, 0.6) is 0 Å². The Kier molecular flexibility index (Phi) is 5.13. The number of aliphatic hydroxyl groups excluding tert-OH is 2. The van der Waals surface area contributed by atoms with E-state index in [1.54, 1.807) is 12.1 Å². The Morgan fingerprint density at radius 2 is 2.17 bits per heavy atom. The third kappa shape index (κ3) is 3.46. The highest BCUT2D eigenvalue weighted by molar-refractivity contribution is 5.70. The van der Waals surface area contributed by atoms with Crippen molar-refractivity contribution in [3.05, 3.63) is 40.3 Å². The van der Waals surface area contributed by atoms with Crippen LogP contribution in [0.25, 0.3) is 10.4 Å². The lowest BCUT2D eigenvalue weighted by Gasteiger charge is -2.18. The predicted molar refractivity (Wildman–Crippen MR) is 62.8 cm³/mol. The molecule has 18 heavy (non-hydrogen) atoms. The first-order chi connectivity index (χ1) is 8.60. The lowest BCUT2D eigenvalue weighted by molar-refractivity contribution is -0.144. The van der Waals surface area contributed by atoms with Crippen molar-refractivity contribution in [1.29, 1.82) is 0 Å². The maximum absolute atomic E-state index is 11.0. The monoisotopic (exact) mass is 251 g/mol. The lowest BCUT2D eigenvalue weighted by Crippen LogP contribution is -2.22. The summed E-state index contributed by atoms with van der Waals surface area (Å²) in [5.41, 5.74) is 8.85. The number of esters is 1. The Morgan fingerprint density at radius 3 is 2.78 bits per heavy atom. The van der Waals surface area contributed by atoms with E-state index in [0.29, 0.717) is 0 Å². The van der Waals surface area contributed by atoms with Crippen molar-refractivity contribution in [1.82, 2.24) is 0 Å². The van der Waals surface area contributed by atoms with E-state index < -0.39 is 18.2 Å². The molecule has 0 spiro atoms. The van der Waals surface area contributed by atoms with Crippen LogP contribution in [0, 0.1) is 0 Å². The van der Waals surface area contributed by atoms with Crippen LogP contribution in [0.15, 0.2) is 29.4 Å². The standard InChI is InChI=1S/C11H13N3O4/c1-18-10(16)6-9(15)11(17)7-4-2-3-5-8(7)13-14-12/h2-5,9,11,15,17H,6H2,1H3. The number of ether oxygens (including phenoxy) is 1. The van der Waals surface area contributed by atoms with Crippen molar-refractivity contribution in [2.45, 2.75) is 18.6 Å². The summed E-state index contributed by atoms with van der Waals surface area (Å²) >= 11 is 0. The van der Waals surface area contributed by atoms with E-state index in [9.17, 15) is 15.0 Å². The van der Waals surface area contributed by atoms with E-state index in [-0.39, 0.29) is 17.7 Å². The Morgan fingerprint density at radius 1 is 1.50 bits per heavy atom. The molecule has 0 aliphatic rings. The molecule has 0 heterocycles. The van der Waals surface area contributed by atoms with E-state index in [0.717, 1.165) is 0 Å². The molecule has 7 nitrogen and oxygen atoms in total. The molecule has 0 aliphatic heterocycles. The fourth-order valence-electron chi connectivity index (χ4n) is 1.45. The molecule has 1 aromatic carbocycles. The second-order valence-electron chi connectivity index (χ2n) is 3.54.